The van der Waals surface area contributed by atoms with Crippen molar-refractivity contribution in [2.75, 3.05) is 6.16 Å². The lowest BCUT2D eigenvalue weighted by Gasteiger charge is -2.18. The van der Waals surface area contributed by atoms with Gasteiger partial charge in [0, 0.05) is 0 Å². The first-order chi connectivity index (χ1) is 12.4. The summed E-state index contributed by atoms with van der Waals surface area (Å²) in [7, 11) is -0.185. The van der Waals surface area contributed by atoms with Gasteiger partial charge in [-0.05, 0) is 31.1 Å². The van der Waals surface area contributed by atoms with Gasteiger partial charge in [0.2, 0.25) is 0 Å². The minimum Gasteiger partial charge on any atom is -0.0654 e. The van der Waals surface area contributed by atoms with Crippen LogP contribution >= 0.6 is 7.92 Å². The summed E-state index contributed by atoms with van der Waals surface area (Å²) in [6, 6.07) is 22.3. The number of benzene rings is 2. The van der Waals surface area contributed by atoms with Crippen LogP contribution in [0.15, 0.2) is 60.7 Å². The largest absolute Gasteiger partial charge is 0.0654 e. The molecule has 0 bridgehead atoms. The molecule has 0 aromatic heterocycles. The van der Waals surface area contributed by atoms with Crippen molar-refractivity contribution in [3.05, 3.63) is 60.7 Å². The van der Waals surface area contributed by atoms with Crippen molar-refractivity contribution in [3.8, 4) is 0 Å². The summed E-state index contributed by atoms with van der Waals surface area (Å²) in [5, 5.41) is 3.05. The minimum atomic E-state index is -0.185. The van der Waals surface area contributed by atoms with Crippen molar-refractivity contribution in [1.29, 1.82) is 0 Å². The molecule has 2 aromatic carbocycles. The van der Waals surface area contributed by atoms with Gasteiger partial charge in [-0.25, -0.2) is 0 Å². The molecule has 0 saturated carbocycles. The molecule has 0 fully saturated rings. The molecule has 136 valence electrons. The van der Waals surface area contributed by atoms with Crippen LogP contribution in [0.5, 0.6) is 0 Å². The zero-order valence-electron chi connectivity index (χ0n) is 16.0. The lowest BCUT2D eigenvalue weighted by molar-refractivity contribution is 0.563. The summed E-state index contributed by atoms with van der Waals surface area (Å²) in [5.41, 5.74) is 0. The highest BCUT2D eigenvalue weighted by atomic mass is 31.1. The fourth-order valence-corrected chi connectivity index (χ4v) is 5.80. The molecule has 2 rings (SSSR count). The summed E-state index contributed by atoms with van der Waals surface area (Å²) in [5.74, 6) is 0. The standard InChI is InChI=1S/C24H35P/c1-2-3-4-5-6-7-8-9-10-17-22-25(23-18-13-11-14-19-23)24-20-15-12-16-21-24/h11-16,18-21H,2-10,17,22H2,1H3. The van der Waals surface area contributed by atoms with Crippen LogP contribution < -0.4 is 10.6 Å². The van der Waals surface area contributed by atoms with E-state index in [1.165, 1.54) is 81.0 Å². The van der Waals surface area contributed by atoms with Crippen molar-refractivity contribution in [2.24, 2.45) is 0 Å². The van der Waals surface area contributed by atoms with E-state index in [9.17, 15) is 0 Å². The average Bonchev–Trinajstić information content (AvgIpc) is 2.67. The number of hydrogen-bond donors (Lipinski definition) is 0. The molecule has 0 spiro atoms. The van der Waals surface area contributed by atoms with Crippen LogP contribution in [0.25, 0.3) is 0 Å². The zero-order chi connectivity index (χ0) is 17.6. The second-order valence-electron chi connectivity index (χ2n) is 7.00. The third kappa shape index (κ3) is 8.19. The molecule has 0 saturated heterocycles. The smallest absolute Gasteiger partial charge is 0.0195 e. The van der Waals surface area contributed by atoms with Gasteiger partial charge in [-0.1, -0.05) is 125 Å². The van der Waals surface area contributed by atoms with Gasteiger partial charge in [0.05, 0.1) is 0 Å². The highest BCUT2D eigenvalue weighted by Gasteiger charge is 2.12. The Morgan fingerprint density at radius 3 is 1.36 bits per heavy atom. The topological polar surface area (TPSA) is 0 Å². The number of hydrogen-bond acceptors (Lipinski definition) is 0. The molecule has 0 N–H and O–H groups in total. The van der Waals surface area contributed by atoms with Gasteiger partial charge in [0.1, 0.15) is 0 Å². The van der Waals surface area contributed by atoms with Crippen molar-refractivity contribution in [1.82, 2.24) is 0 Å². The molecule has 0 nitrogen and oxygen atoms in total. The quantitative estimate of drug-likeness (QED) is 0.267. The molecule has 0 heterocycles. The molecule has 0 aliphatic carbocycles. The summed E-state index contributed by atoms with van der Waals surface area (Å²) in [4.78, 5) is 0. The van der Waals surface area contributed by atoms with Crippen LogP contribution in [-0.2, 0) is 0 Å². The molecular formula is C24H35P. The highest BCUT2D eigenvalue weighted by Crippen LogP contribution is 2.34. The first kappa shape index (κ1) is 20.2. The molecule has 0 amide bonds. The molecule has 0 unspecified atom stereocenters. The minimum absolute atomic E-state index is 0.185. The Bertz CT molecular complexity index is 495. The summed E-state index contributed by atoms with van der Waals surface area (Å²) >= 11 is 0. The lowest BCUT2D eigenvalue weighted by atomic mass is 10.1. The zero-order valence-corrected chi connectivity index (χ0v) is 16.9. The molecule has 0 aliphatic rings. The molecular weight excluding hydrogens is 319 g/mol. The van der Waals surface area contributed by atoms with Crippen molar-refractivity contribution < 1.29 is 0 Å². The Kier molecular flexibility index (Phi) is 10.6. The Hall–Kier alpha value is -1.13. The summed E-state index contributed by atoms with van der Waals surface area (Å²) in [6.07, 6.45) is 15.5. The van der Waals surface area contributed by atoms with Crippen molar-refractivity contribution in [2.45, 2.75) is 71.1 Å². The van der Waals surface area contributed by atoms with Crippen LogP contribution in [0.4, 0.5) is 0 Å². The third-order valence-electron chi connectivity index (χ3n) is 4.87. The fraction of sp³-hybridized carbons (Fsp3) is 0.500. The van der Waals surface area contributed by atoms with E-state index in [1.807, 2.05) is 0 Å². The van der Waals surface area contributed by atoms with Gasteiger partial charge < -0.3 is 0 Å². The van der Waals surface area contributed by atoms with E-state index in [-0.39, 0.29) is 7.92 Å². The molecule has 0 aliphatic heterocycles. The van der Waals surface area contributed by atoms with Crippen molar-refractivity contribution >= 4 is 18.5 Å². The van der Waals surface area contributed by atoms with Gasteiger partial charge in [0.25, 0.3) is 0 Å². The number of unbranched alkanes of at least 4 members (excludes halogenated alkanes) is 9. The summed E-state index contributed by atoms with van der Waals surface area (Å²) in [6.45, 7) is 2.29. The first-order valence-electron chi connectivity index (χ1n) is 10.3. The maximum absolute atomic E-state index is 2.31. The van der Waals surface area contributed by atoms with Crippen LogP contribution in [0.2, 0.25) is 0 Å². The Labute approximate surface area is 156 Å². The van der Waals surface area contributed by atoms with Crippen LogP contribution in [0, 0.1) is 0 Å². The Morgan fingerprint density at radius 2 is 0.920 bits per heavy atom. The predicted molar refractivity (Wildman–Crippen MR) is 116 cm³/mol. The Morgan fingerprint density at radius 1 is 0.520 bits per heavy atom. The van der Waals surface area contributed by atoms with E-state index in [0.29, 0.717) is 0 Å². The third-order valence-corrected chi connectivity index (χ3v) is 7.48. The van der Waals surface area contributed by atoms with Crippen molar-refractivity contribution in [3.63, 3.8) is 0 Å². The van der Waals surface area contributed by atoms with Gasteiger partial charge in [-0.2, -0.15) is 0 Å². The number of rotatable bonds is 13. The average molecular weight is 355 g/mol. The molecule has 0 radical (unpaired) electrons. The normalized spacial score (nSPS) is 11.1. The van der Waals surface area contributed by atoms with E-state index in [0.717, 1.165) is 0 Å². The van der Waals surface area contributed by atoms with E-state index < -0.39 is 0 Å². The second kappa shape index (κ2) is 13.1. The van der Waals surface area contributed by atoms with Gasteiger partial charge in [-0.3, -0.25) is 0 Å². The predicted octanol–water partition coefficient (Wildman–Crippen LogP) is 7.04. The lowest BCUT2D eigenvalue weighted by Crippen LogP contribution is -2.13. The summed E-state index contributed by atoms with van der Waals surface area (Å²) < 4.78 is 0. The van der Waals surface area contributed by atoms with E-state index in [1.54, 1.807) is 0 Å². The van der Waals surface area contributed by atoms with E-state index in [4.69, 9.17) is 0 Å². The fourth-order valence-electron chi connectivity index (χ4n) is 3.38. The maximum Gasteiger partial charge on any atom is -0.0195 e. The maximum atomic E-state index is 2.31. The van der Waals surface area contributed by atoms with Gasteiger partial charge >= 0.3 is 0 Å². The van der Waals surface area contributed by atoms with Crippen LogP contribution in [0.3, 0.4) is 0 Å². The first-order valence-corrected chi connectivity index (χ1v) is 11.8. The van der Waals surface area contributed by atoms with Crippen LogP contribution in [-0.4, -0.2) is 6.16 Å². The molecule has 2 aromatic rings. The van der Waals surface area contributed by atoms with Crippen LogP contribution in [0.1, 0.15) is 71.1 Å². The molecule has 25 heavy (non-hydrogen) atoms. The van der Waals surface area contributed by atoms with E-state index in [2.05, 4.69) is 67.6 Å². The second-order valence-corrected chi connectivity index (χ2v) is 9.34. The highest BCUT2D eigenvalue weighted by molar-refractivity contribution is 7.73. The van der Waals surface area contributed by atoms with E-state index >= 15 is 0 Å². The molecule has 1 heteroatoms. The van der Waals surface area contributed by atoms with Gasteiger partial charge in [-0.15, -0.1) is 0 Å². The Balaban J connectivity index is 1.69. The van der Waals surface area contributed by atoms with Gasteiger partial charge in [0.15, 0.2) is 0 Å². The SMILES string of the molecule is CCCCCCCCCCCCP(c1ccccc1)c1ccccc1. The monoisotopic (exact) mass is 354 g/mol. The molecule has 0 atom stereocenters.